The van der Waals surface area contributed by atoms with E-state index in [2.05, 4.69) is 10.5 Å². The molecule has 0 atom stereocenters. The Kier molecular flexibility index (Phi) is 5.71. The number of rotatable bonds is 6. The van der Waals surface area contributed by atoms with Gasteiger partial charge >= 0.3 is 0 Å². The molecule has 0 fully saturated rings. The van der Waals surface area contributed by atoms with Crippen LogP contribution in [-0.2, 0) is 6.61 Å². The third kappa shape index (κ3) is 4.69. The van der Waals surface area contributed by atoms with Crippen molar-refractivity contribution in [3.63, 3.8) is 0 Å². The van der Waals surface area contributed by atoms with Gasteiger partial charge in [0, 0.05) is 0 Å². The molecular formula is C16H13ClFN5O. The number of hydrogen-bond acceptors (Lipinski definition) is 5. The van der Waals surface area contributed by atoms with Crippen molar-refractivity contribution in [3.05, 3.63) is 58.9 Å². The van der Waals surface area contributed by atoms with Crippen molar-refractivity contribution in [1.82, 2.24) is 0 Å². The lowest BCUT2D eigenvalue weighted by molar-refractivity contribution is 0.306. The van der Waals surface area contributed by atoms with Crippen LogP contribution in [0.25, 0.3) is 0 Å². The molecule has 8 heteroatoms. The zero-order valence-electron chi connectivity index (χ0n) is 12.4. The van der Waals surface area contributed by atoms with Crippen molar-refractivity contribution < 1.29 is 9.13 Å². The minimum Gasteiger partial charge on any atom is -0.487 e. The average molecular weight is 346 g/mol. The van der Waals surface area contributed by atoms with Gasteiger partial charge in [0.25, 0.3) is 0 Å². The number of hydrogen-bond donors (Lipinski definition) is 3. The molecule has 0 saturated heterocycles. The van der Waals surface area contributed by atoms with E-state index in [4.69, 9.17) is 32.7 Å². The minimum atomic E-state index is -0.439. The smallest absolute Gasteiger partial charge is 0.201 e. The summed E-state index contributed by atoms with van der Waals surface area (Å²) in [7, 11) is 0. The Morgan fingerprint density at radius 3 is 2.79 bits per heavy atom. The molecule has 122 valence electrons. The van der Waals surface area contributed by atoms with Crippen LogP contribution >= 0.6 is 11.6 Å². The van der Waals surface area contributed by atoms with Crippen LogP contribution in [0.3, 0.4) is 0 Å². The molecule has 2 aromatic carbocycles. The summed E-state index contributed by atoms with van der Waals surface area (Å²) in [6.07, 6.45) is 0. The summed E-state index contributed by atoms with van der Waals surface area (Å²) in [6.45, 7) is 0.172. The van der Waals surface area contributed by atoms with Crippen LogP contribution in [0.4, 0.5) is 10.1 Å². The summed E-state index contributed by atoms with van der Waals surface area (Å²) >= 11 is 6.12. The number of anilines is 1. The summed E-state index contributed by atoms with van der Waals surface area (Å²) in [6, 6.07) is 12.6. The zero-order chi connectivity index (χ0) is 17.5. The zero-order valence-corrected chi connectivity index (χ0v) is 13.1. The highest BCUT2D eigenvalue weighted by Gasteiger charge is 2.05. The number of hydrazone groups is 1. The van der Waals surface area contributed by atoms with Crippen molar-refractivity contribution in [2.75, 3.05) is 5.43 Å². The van der Waals surface area contributed by atoms with Gasteiger partial charge in [-0.05, 0) is 35.9 Å². The first-order chi connectivity index (χ1) is 11.5. The van der Waals surface area contributed by atoms with Crippen LogP contribution < -0.4 is 15.9 Å². The number of nitrogens with one attached hydrogen (secondary N) is 2. The van der Waals surface area contributed by atoms with Gasteiger partial charge < -0.3 is 10.5 Å². The van der Waals surface area contributed by atoms with Gasteiger partial charge in [-0.2, -0.15) is 10.4 Å². The molecule has 0 heterocycles. The summed E-state index contributed by atoms with van der Waals surface area (Å²) < 4.78 is 18.7. The molecule has 6 nitrogen and oxygen atoms in total. The van der Waals surface area contributed by atoms with Crippen LogP contribution in [-0.4, -0.2) is 11.5 Å². The number of amidine groups is 1. The lowest BCUT2D eigenvalue weighted by Gasteiger charge is -2.09. The first-order valence-electron chi connectivity index (χ1n) is 6.74. The topological polar surface area (TPSA) is 107 Å². The Morgan fingerprint density at radius 2 is 2.17 bits per heavy atom. The number of ether oxygens (including phenoxy) is 1. The molecule has 0 radical (unpaired) electrons. The minimum absolute atomic E-state index is 0.172. The van der Waals surface area contributed by atoms with E-state index in [1.54, 1.807) is 36.4 Å². The van der Waals surface area contributed by atoms with Gasteiger partial charge in [0.2, 0.25) is 5.71 Å². The molecule has 24 heavy (non-hydrogen) atoms. The summed E-state index contributed by atoms with van der Waals surface area (Å²) in [5, 5.41) is 19.9. The summed E-state index contributed by atoms with van der Waals surface area (Å²) in [4.78, 5) is 0. The first-order valence-corrected chi connectivity index (χ1v) is 7.12. The van der Waals surface area contributed by atoms with E-state index in [0.29, 0.717) is 22.0 Å². The van der Waals surface area contributed by atoms with Gasteiger partial charge in [0.15, 0.2) is 5.84 Å². The lowest BCUT2D eigenvalue weighted by atomic mass is 10.2. The average Bonchev–Trinajstić information content (AvgIpc) is 2.54. The molecule has 0 saturated carbocycles. The summed E-state index contributed by atoms with van der Waals surface area (Å²) in [5.74, 6) is -0.355. The van der Waals surface area contributed by atoms with Gasteiger partial charge in [0.05, 0.1) is 10.7 Å². The fourth-order valence-electron chi connectivity index (χ4n) is 1.74. The fraction of sp³-hybridized carbons (Fsp3) is 0.0625. The van der Waals surface area contributed by atoms with Crippen molar-refractivity contribution in [2.45, 2.75) is 6.61 Å². The molecular weight excluding hydrogens is 333 g/mol. The highest BCUT2D eigenvalue weighted by molar-refractivity contribution is 6.45. The van der Waals surface area contributed by atoms with E-state index < -0.39 is 5.84 Å². The lowest BCUT2D eigenvalue weighted by Crippen LogP contribution is -2.21. The van der Waals surface area contributed by atoms with E-state index in [1.807, 2.05) is 0 Å². The van der Waals surface area contributed by atoms with E-state index in [-0.39, 0.29) is 18.1 Å². The molecule has 0 bridgehead atoms. The van der Waals surface area contributed by atoms with Gasteiger partial charge in [-0.1, -0.05) is 23.7 Å². The number of nitriles is 1. The van der Waals surface area contributed by atoms with Gasteiger partial charge in [-0.15, -0.1) is 0 Å². The third-order valence-corrected chi connectivity index (χ3v) is 3.17. The highest BCUT2D eigenvalue weighted by atomic mass is 35.5. The standard InChI is InChI=1S/C16H13ClFN5O/c17-13-7-12(22-23-14(8-19)16(20)21)4-5-15(13)24-9-10-2-1-3-11(18)6-10/h1-7,22H,9H2,(H3,20,21)/b23-14+. The van der Waals surface area contributed by atoms with Crippen LogP contribution in [0.5, 0.6) is 5.75 Å². The Balaban J connectivity index is 2.04. The maximum absolute atomic E-state index is 13.1. The van der Waals surface area contributed by atoms with Crippen LogP contribution in [0.2, 0.25) is 5.02 Å². The molecule has 2 aromatic rings. The Morgan fingerprint density at radius 1 is 1.38 bits per heavy atom. The van der Waals surface area contributed by atoms with Crippen molar-refractivity contribution in [3.8, 4) is 11.8 Å². The molecule has 0 aromatic heterocycles. The van der Waals surface area contributed by atoms with E-state index in [1.165, 1.54) is 12.1 Å². The Bertz CT molecular complexity index is 831. The quantitative estimate of drug-likeness (QED) is 0.424. The van der Waals surface area contributed by atoms with Gasteiger partial charge in [-0.3, -0.25) is 10.8 Å². The number of halogens is 2. The Hall–Kier alpha value is -3.11. The van der Waals surface area contributed by atoms with E-state index in [0.717, 1.165) is 0 Å². The van der Waals surface area contributed by atoms with Crippen LogP contribution in [0, 0.1) is 22.6 Å². The molecule has 0 aliphatic carbocycles. The largest absolute Gasteiger partial charge is 0.487 e. The van der Waals surface area contributed by atoms with Crippen LogP contribution in [0.1, 0.15) is 5.56 Å². The maximum atomic E-state index is 13.1. The predicted octanol–water partition coefficient (Wildman–Crippen LogP) is 3.29. The molecule has 0 aliphatic rings. The monoisotopic (exact) mass is 345 g/mol. The van der Waals surface area contributed by atoms with Gasteiger partial charge in [0.1, 0.15) is 24.2 Å². The normalized spacial score (nSPS) is 10.8. The SMILES string of the molecule is N#C/C(=N\Nc1ccc(OCc2cccc(F)c2)c(Cl)c1)C(=N)N. The van der Waals surface area contributed by atoms with Crippen LogP contribution in [0.15, 0.2) is 47.6 Å². The number of nitrogens with two attached hydrogens (primary N) is 1. The molecule has 2 rings (SSSR count). The second-order valence-electron chi connectivity index (χ2n) is 4.66. The molecule has 0 spiro atoms. The predicted molar refractivity (Wildman–Crippen MR) is 90.8 cm³/mol. The molecule has 0 amide bonds. The molecule has 0 unspecified atom stereocenters. The third-order valence-electron chi connectivity index (χ3n) is 2.87. The van der Waals surface area contributed by atoms with Crippen molar-refractivity contribution >= 4 is 28.8 Å². The first kappa shape index (κ1) is 17.2. The van der Waals surface area contributed by atoms with E-state index in [9.17, 15) is 4.39 Å². The van der Waals surface area contributed by atoms with Gasteiger partial charge in [-0.25, -0.2) is 4.39 Å². The fourth-order valence-corrected chi connectivity index (χ4v) is 1.98. The van der Waals surface area contributed by atoms with E-state index >= 15 is 0 Å². The molecule has 0 aliphatic heterocycles. The number of benzene rings is 2. The molecule has 4 N–H and O–H groups in total. The second kappa shape index (κ2) is 7.94. The second-order valence-corrected chi connectivity index (χ2v) is 5.07. The highest BCUT2D eigenvalue weighted by Crippen LogP contribution is 2.28. The van der Waals surface area contributed by atoms with Crippen molar-refractivity contribution in [1.29, 1.82) is 10.7 Å². The number of nitrogens with zero attached hydrogens (tertiary/aromatic N) is 2. The maximum Gasteiger partial charge on any atom is 0.201 e. The van der Waals surface area contributed by atoms with Crippen molar-refractivity contribution in [2.24, 2.45) is 10.8 Å². The Labute approximate surface area is 142 Å². The summed E-state index contributed by atoms with van der Waals surface area (Å²) in [5.41, 5.74) is 8.70.